The fourth-order valence-electron chi connectivity index (χ4n) is 3.80. The molecule has 1 saturated heterocycles. The van der Waals surface area contributed by atoms with Gasteiger partial charge in [-0.3, -0.25) is 9.52 Å². The van der Waals surface area contributed by atoms with E-state index >= 15 is 0 Å². The number of rotatable bonds is 7. The first-order chi connectivity index (χ1) is 16.7. The summed E-state index contributed by atoms with van der Waals surface area (Å²) in [5, 5.41) is 2.71. The Morgan fingerprint density at radius 2 is 1.57 bits per heavy atom. The highest BCUT2D eigenvalue weighted by Crippen LogP contribution is 2.24. The van der Waals surface area contributed by atoms with Crippen molar-refractivity contribution >= 4 is 37.5 Å². The maximum atomic E-state index is 13.0. The Balaban J connectivity index is 1.50. The molecule has 1 aliphatic rings. The van der Waals surface area contributed by atoms with Gasteiger partial charge in [0.2, 0.25) is 10.0 Å². The van der Waals surface area contributed by atoms with E-state index in [0.29, 0.717) is 24.3 Å². The van der Waals surface area contributed by atoms with Gasteiger partial charge in [-0.1, -0.05) is 18.6 Å². The molecule has 2 aromatic carbocycles. The average Bonchev–Trinajstić information content (AvgIpc) is 2.85. The maximum absolute atomic E-state index is 13.0. The molecule has 1 aromatic heterocycles. The third-order valence-corrected chi connectivity index (χ3v) is 9.00. The number of pyridine rings is 1. The number of nitrogens with one attached hydrogen (secondary N) is 2. The molecule has 0 aliphatic carbocycles. The lowest BCUT2D eigenvalue weighted by Gasteiger charge is -2.26. The summed E-state index contributed by atoms with van der Waals surface area (Å²) >= 11 is 0. The van der Waals surface area contributed by atoms with Gasteiger partial charge in [-0.25, -0.2) is 21.8 Å². The molecule has 1 aliphatic heterocycles. The van der Waals surface area contributed by atoms with E-state index in [1.807, 2.05) is 0 Å². The largest absolute Gasteiger partial charge is 0.322 e. The van der Waals surface area contributed by atoms with Gasteiger partial charge in [0, 0.05) is 30.5 Å². The fraction of sp³-hybridized carbons (Fsp3) is 0.250. The molecular formula is C24H26N4O5S2. The van der Waals surface area contributed by atoms with Crippen molar-refractivity contribution in [1.29, 1.82) is 0 Å². The van der Waals surface area contributed by atoms with Crippen LogP contribution in [0.4, 0.5) is 11.5 Å². The van der Waals surface area contributed by atoms with Crippen molar-refractivity contribution < 1.29 is 21.6 Å². The van der Waals surface area contributed by atoms with E-state index in [9.17, 15) is 21.6 Å². The molecule has 3 aromatic rings. The second-order valence-electron chi connectivity index (χ2n) is 8.24. The maximum Gasteiger partial charge on any atom is 0.263 e. The molecule has 1 amide bonds. The van der Waals surface area contributed by atoms with Crippen LogP contribution in [0.5, 0.6) is 0 Å². The second kappa shape index (κ2) is 10.1. The zero-order valence-corrected chi connectivity index (χ0v) is 20.8. The highest BCUT2D eigenvalue weighted by Gasteiger charge is 2.27. The van der Waals surface area contributed by atoms with Gasteiger partial charge >= 0.3 is 0 Å². The zero-order chi connectivity index (χ0) is 25.1. The van der Waals surface area contributed by atoms with Gasteiger partial charge in [-0.15, -0.1) is 0 Å². The van der Waals surface area contributed by atoms with Gasteiger partial charge in [-0.05, 0) is 73.9 Å². The number of carbonyl (C=O) groups is 1. The van der Waals surface area contributed by atoms with E-state index in [4.69, 9.17) is 0 Å². The number of aryl methyl sites for hydroxylation is 1. The number of sulfonamides is 2. The van der Waals surface area contributed by atoms with Crippen LogP contribution in [-0.2, 0) is 20.0 Å². The molecule has 2 heterocycles. The molecule has 184 valence electrons. The van der Waals surface area contributed by atoms with E-state index in [1.54, 1.807) is 25.1 Å². The van der Waals surface area contributed by atoms with Crippen LogP contribution >= 0.6 is 0 Å². The quantitative estimate of drug-likeness (QED) is 0.496. The molecule has 4 rings (SSSR count). The van der Waals surface area contributed by atoms with Gasteiger partial charge < -0.3 is 5.32 Å². The van der Waals surface area contributed by atoms with E-state index < -0.39 is 26.0 Å². The van der Waals surface area contributed by atoms with Crippen LogP contribution in [-0.4, -0.2) is 45.1 Å². The number of benzene rings is 2. The average molecular weight is 515 g/mol. The van der Waals surface area contributed by atoms with Crippen molar-refractivity contribution in [2.24, 2.45) is 0 Å². The SMILES string of the molecule is Cc1ccc(S(=O)(=O)N2CCCCC2)cc1C(=O)Nc1ccc(S(=O)(=O)Nc2ccccn2)cc1. The summed E-state index contributed by atoms with van der Waals surface area (Å²) in [6.07, 6.45) is 4.13. The first-order valence-electron chi connectivity index (χ1n) is 11.1. The molecule has 11 heteroatoms. The van der Waals surface area contributed by atoms with Crippen LogP contribution in [0, 0.1) is 6.92 Å². The van der Waals surface area contributed by atoms with Crippen LogP contribution < -0.4 is 10.0 Å². The predicted octanol–water partition coefficient (Wildman–Crippen LogP) is 3.62. The van der Waals surface area contributed by atoms with E-state index in [2.05, 4.69) is 15.0 Å². The lowest BCUT2D eigenvalue weighted by Crippen LogP contribution is -2.35. The van der Waals surface area contributed by atoms with Gasteiger partial charge in [0.1, 0.15) is 5.82 Å². The van der Waals surface area contributed by atoms with E-state index in [1.165, 1.54) is 53.0 Å². The standard InChI is InChI=1S/C24H26N4O5S2/c1-18-8-11-21(35(32,33)28-15-5-2-6-16-28)17-22(18)24(29)26-19-9-12-20(13-10-19)34(30,31)27-23-7-3-4-14-25-23/h3-4,7-14,17H,2,5-6,15-16H2,1H3,(H,25,27)(H,26,29). The van der Waals surface area contributed by atoms with E-state index in [0.717, 1.165) is 19.3 Å². The molecule has 0 unspecified atom stereocenters. The number of hydrogen-bond acceptors (Lipinski definition) is 6. The van der Waals surface area contributed by atoms with Crippen LogP contribution in [0.25, 0.3) is 0 Å². The number of piperidine rings is 1. The normalized spacial score (nSPS) is 14.9. The van der Waals surface area contributed by atoms with Crippen molar-refractivity contribution in [3.8, 4) is 0 Å². The molecule has 35 heavy (non-hydrogen) atoms. The van der Waals surface area contributed by atoms with Crippen molar-refractivity contribution in [3.05, 3.63) is 78.0 Å². The molecule has 0 bridgehead atoms. The lowest BCUT2D eigenvalue weighted by atomic mass is 10.1. The molecule has 0 atom stereocenters. The summed E-state index contributed by atoms with van der Waals surface area (Å²) in [6.45, 7) is 2.68. The number of amides is 1. The number of nitrogens with zero attached hydrogens (tertiary/aromatic N) is 2. The lowest BCUT2D eigenvalue weighted by molar-refractivity contribution is 0.102. The third kappa shape index (κ3) is 5.69. The summed E-state index contributed by atoms with van der Waals surface area (Å²) in [5.74, 6) is -0.292. The minimum absolute atomic E-state index is 0.00644. The van der Waals surface area contributed by atoms with Gasteiger partial charge in [0.25, 0.3) is 15.9 Å². The molecule has 1 fully saturated rings. The Morgan fingerprint density at radius 3 is 2.23 bits per heavy atom. The van der Waals surface area contributed by atoms with Crippen LogP contribution in [0.2, 0.25) is 0 Å². The molecule has 2 N–H and O–H groups in total. The second-order valence-corrected chi connectivity index (χ2v) is 11.9. The summed E-state index contributed by atoms with van der Waals surface area (Å²) in [6, 6.07) is 15.1. The molecule has 9 nitrogen and oxygen atoms in total. The summed E-state index contributed by atoms with van der Waals surface area (Å²) in [5.41, 5.74) is 1.23. The van der Waals surface area contributed by atoms with Crippen molar-refractivity contribution in [1.82, 2.24) is 9.29 Å². The first-order valence-corrected chi connectivity index (χ1v) is 14.1. The van der Waals surface area contributed by atoms with Crippen molar-refractivity contribution in [2.75, 3.05) is 23.1 Å². The monoisotopic (exact) mass is 514 g/mol. The van der Waals surface area contributed by atoms with E-state index in [-0.39, 0.29) is 21.2 Å². The summed E-state index contributed by atoms with van der Waals surface area (Å²) in [7, 11) is -7.53. The van der Waals surface area contributed by atoms with Crippen LogP contribution in [0.1, 0.15) is 35.2 Å². The number of anilines is 2. The fourth-order valence-corrected chi connectivity index (χ4v) is 6.35. The Morgan fingerprint density at radius 1 is 0.886 bits per heavy atom. The first kappa shape index (κ1) is 24.8. The van der Waals surface area contributed by atoms with Gasteiger partial charge in [0.15, 0.2) is 0 Å². The Bertz CT molecular complexity index is 1420. The predicted molar refractivity (Wildman–Crippen MR) is 133 cm³/mol. The summed E-state index contributed by atoms with van der Waals surface area (Å²) < 4.78 is 55.0. The zero-order valence-electron chi connectivity index (χ0n) is 19.1. The Kier molecular flexibility index (Phi) is 7.20. The highest BCUT2D eigenvalue weighted by atomic mass is 32.2. The minimum atomic E-state index is -3.85. The topological polar surface area (TPSA) is 126 Å². The van der Waals surface area contributed by atoms with Crippen LogP contribution in [0.15, 0.2) is 76.7 Å². The number of aromatic nitrogens is 1. The number of carbonyl (C=O) groups excluding carboxylic acids is 1. The molecule has 0 radical (unpaired) electrons. The van der Waals surface area contributed by atoms with Gasteiger partial charge in [0.05, 0.1) is 9.79 Å². The smallest absolute Gasteiger partial charge is 0.263 e. The minimum Gasteiger partial charge on any atom is -0.322 e. The highest BCUT2D eigenvalue weighted by molar-refractivity contribution is 7.92. The molecular weight excluding hydrogens is 488 g/mol. The molecule has 0 saturated carbocycles. The molecule has 0 spiro atoms. The summed E-state index contributed by atoms with van der Waals surface area (Å²) in [4.78, 5) is 17.0. The van der Waals surface area contributed by atoms with Crippen molar-refractivity contribution in [3.63, 3.8) is 0 Å². The Hall–Kier alpha value is -3.28. The van der Waals surface area contributed by atoms with Crippen LogP contribution in [0.3, 0.4) is 0 Å². The van der Waals surface area contributed by atoms with Crippen molar-refractivity contribution in [2.45, 2.75) is 36.0 Å². The number of hydrogen-bond donors (Lipinski definition) is 2. The Labute approximate surface area is 205 Å². The third-order valence-electron chi connectivity index (χ3n) is 5.73. The van der Waals surface area contributed by atoms with Gasteiger partial charge in [-0.2, -0.15) is 4.31 Å².